The largest absolute Gasteiger partial charge is 0.478 e. The topological polar surface area (TPSA) is 92.2 Å². The normalized spacial score (nSPS) is 9.95. The molecule has 0 aliphatic carbocycles. The number of carboxylic acids is 1. The van der Waals surface area contributed by atoms with Crippen molar-refractivity contribution in [3.63, 3.8) is 0 Å². The second-order valence-corrected chi connectivity index (χ2v) is 3.87. The second kappa shape index (κ2) is 5.26. The predicted octanol–water partition coefficient (Wildman–Crippen LogP) is 1.74. The molecule has 2 N–H and O–H groups in total. The van der Waals surface area contributed by atoms with Crippen molar-refractivity contribution in [1.29, 1.82) is 0 Å². The van der Waals surface area contributed by atoms with E-state index in [2.05, 4.69) is 15.3 Å². The van der Waals surface area contributed by atoms with Crippen molar-refractivity contribution in [3.8, 4) is 0 Å². The minimum atomic E-state index is -1.13. The van der Waals surface area contributed by atoms with Crippen LogP contribution in [-0.2, 0) is 0 Å². The molecule has 0 bridgehead atoms. The highest BCUT2D eigenvalue weighted by molar-refractivity contribution is 6.07. The summed E-state index contributed by atoms with van der Waals surface area (Å²) in [4.78, 5) is 30.7. The molecule has 2 aromatic heterocycles. The fourth-order valence-corrected chi connectivity index (χ4v) is 1.48. The summed E-state index contributed by atoms with van der Waals surface area (Å²) in [5.74, 6) is -1.55. The Hall–Kier alpha value is -2.76. The summed E-state index contributed by atoms with van der Waals surface area (Å²) in [7, 11) is 0. The van der Waals surface area contributed by atoms with Crippen molar-refractivity contribution in [2.75, 3.05) is 5.32 Å². The highest BCUT2D eigenvalue weighted by Gasteiger charge is 2.13. The predicted molar refractivity (Wildman–Crippen MR) is 68.1 cm³/mol. The molecular formula is C13H11N3O3. The number of anilines is 1. The fraction of sp³-hybridized carbons (Fsp3) is 0.0769. The van der Waals surface area contributed by atoms with Crippen LogP contribution in [0.1, 0.15) is 26.4 Å². The third-order valence-corrected chi connectivity index (χ3v) is 2.47. The third-order valence-electron chi connectivity index (χ3n) is 2.47. The van der Waals surface area contributed by atoms with E-state index in [1.165, 1.54) is 24.7 Å². The number of hydrogen-bond donors (Lipinski definition) is 2. The number of nitrogens with zero attached hydrogens (tertiary/aromatic N) is 2. The zero-order valence-electron chi connectivity index (χ0n) is 10.1. The summed E-state index contributed by atoms with van der Waals surface area (Å²) in [6.07, 6.45) is 4.08. The van der Waals surface area contributed by atoms with Crippen LogP contribution < -0.4 is 5.32 Å². The highest BCUT2D eigenvalue weighted by atomic mass is 16.4. The monoisotopic (exact) mass is 257 g/mol. The lowest BCUT2D eigenvalue weighted by molar-refractivity contribution is 0.0698. The highest BCUT2D eigenvalue weighted by Crippen LogP contribution is 2.14. The molecule has 19 heavy (non-hydrogen) atoms. The van der Waals surface area contributed by atoms with Crippen LogP contribution in [0.3, 0.4) is 0 Å². The van der Waals surface area contributed by atoms with Gasteiger partial charge in [0.25, 0.3) is 5.91 Å². The van der Waals surface area contributed by atoms with E-state index < -0.39 is 11.9 Å². The van der Waals surface area contributed by atoms with Crippen molar-refractivity contribution >= 4 is 17.6 Å². The smallest absolute Gasteiger partial charge is 0.337 e. The molecule has 0 aliphatic rings. The number of aromatic carboxylic acids is 1. The standard InChI is InChI=1S/C13H11N3O3/c1-8-2-3-9(6-15-8)12(17)16-11-7-14-5-4-10(11)13(18)19/h2-7H,1H3,(H,16,17)(H,18,19). The van der Waals surface area contributed by atoms with Gasteiger partial charge >= 0.3 is 5.97 Å². The molecule has 0 saturated carbocycles. The Balaban J connectivity index is 2.24. The summed E-state index contributed by atoms with van der Waals surface area (Å²) in [5.41, 5.74) is 1.29. The van der Waals surface area contributed by atoms with Gasteiger partial charge in [-0.2, -0.15) is 0 Å². The van der Waals surface area contributed by atoms with Crippen LogP contribution in [-0.4, -0.2) is 27.0 Å². The van der Waals surface area contributed by atoms with E-state index in [1.54, 1.807) is 12.1 Å². The fourth-order valence-electron chi connectivity index (χ4n) is 1.48. The van der Waals surface area contributed by atoms with Crippen molar-refractivity contribution in [1.82, 2.24) is 9.97 Å². The molecule has 0 radical (unpaired) electrons. The van der Waals surface area contributed by atoms with Gasteiger partial charge in [0.15, 0.2) is 0 Å². The SMILES string of the molecule is Cc1ccc(C(=O)Nc2cnccc2C(=O)O)cn1. The van der Waals surface area contributed by atoms with Gasteiger partial charge in [-0.1, -0.05) is 0 Å². The minimum Gasteiger partial charge on any atom is -0.478 e. The first-order valence-corrected chi connectivity index (χ1v) is 5.49. The van der Waals surface area contributed by atoms with Gasteiger partial charge < -0.3 is 10.4 Å². The van der Waals surface area contributed by atoms with Crippen LogP contribution in [0, 0.1) is 6.92 Å². The summed E-state index contributed by atoms with van der Waals surface area (Å²) < 4.78 is 0. The van der Waals surface area contributed by atoms with E-state index in [-0.39, 0.29) is 11.3 Å². The summed E-state index contributed by atoms with van der Waals surface area (Å²) in [6.45, 7) is 1.81. The molecule has 0 fully saturated rings. The van der Waals surface area contributed by atoms with E-state index >= 15 is 0 Å². The molecule has 0 aliphatic heterocycles. The number of carbonyl (C=O) groups is 2. The number of carbonyl (C=O) groups excluding carboxylic acids is 1. The molecule has 0 spiro atoms. The average Bonchev–Trinajstić information content (AvgIpc) is 2.39. The lowest BCUT2D eigenvalue weighted by Gasteiger charge is -2.07. The Kier molecular flexibility index (Phi) is 3.51. The number of amides is 1. The van der Waals surface area contributed by atoms with Gasteiger partial charge in [0.05, 0.1) is 23.0 Å². The Morgan fingerprint density at radius 1 is 1.21 bits per heavy atom. The van der Waals surface area contributed by atoms with Gasteiger partial charge in [-0.15, -0.1) is 0 Å². The van der Waals surface area contributed by atoms with E-state index in [0.717, 1.165) is 5.69 Å². The van der Waals surface area contributed by atoms with E-state index in [4.69, 9.17) is 5.11 Å². The Morgan fingerprint density at radius 2 is 2.00 bits per heavy atom. The summed E-state index contributed by atoms with van der Waals surface area (Å²) in [5, 5.41) is 11.5. The average molecular weight is 257 g/mol. The van der Waals surface area contributed by atoms with E-state index in [0.29, 0.717) is 5.56 Å². The summed E-state index contributed by atoms with van der Waals surface area (Å²) in [6, 6.07) is 4.65. The maximum absolute atomic E-state index is 11.9. The van der Waals surface area contributed by atoms with Crippen LogP contribution in [0.5, 0.6) is 0 Å². The molecule has 0 unspecified atom stereocenters. The molecular weight excluding hydrogens is 246 g/mol. The van der Waals surface area contributed by atoms with E-state index in [9.17, 15) is 9.59 Å². The number of aromatic nitrogens is 2. The lowest BCUT2D eigenvalue weighted by atomic mass is 10.2. The van der Waals surface area contributed by atoms with Crippen molar-refractivity contribution in [2.24, 2.45) is 0 Å². The number of pyridine rings is 2. The van der Waals surface area contributed by atoms with E-state index in [1.807, 2.05) is 6.92 Å². The van der Waals surface area contributed by atoms with Gasteiger partial charge in [-0.25, -0.2) is 4.79 Å². The number of carboxylic acid groups (broad SMARTS) is 1. The van der Waals surface area contributed by atoms with Gasteiger partial charge in [0.2, 0.25) is 0 Å². The molecule has 2 rings (SSSR count). The van der Waals surface area contributed by atoms with Gasteiger partial charge in [0, 0.05) is 18.1 Å². The molecule has 96 valence electrons. The van der Waals surface area contributed by atoms with Crippen molar-refractivity contribution in [3.05, 3.63) is 53.6 Å². The quantitative estimate of drug-likeness (QED) is 0.873. The first-order chi connectivity index (χ1) is 9.08. The summed E-state index contributed by atoms with van der Waals surface area (Å²) >= 11 is 0. The number of hydrogen-bond acceptors (Lipinski definition) is 4. The zero-order valence-corrected chi connectivity index (χ0v) is 10.1. The van der Waals surface area contributed by atoms with Crippen LogP contribution >= 0.6 is 0 Å². The molecule has 0 aromatic carbocycles. The van der Waals surface area contributed by atoms with Crippen LogP contribution in [0.2, 0.25) is 0 Å². The van der Waals surface area contributed by atoms with Crippen molar-refractivity contribution < 1.29 is 14.7 Å². The number of nitrogens with one attached hydrogen (secondary N) is 1. The third kappa shape index (κ3) is 2.92. The molecule has 0 saturated heterocycles. The maximum atomic E-state index is 11.9. The molecule has 2 heterocycles. The van der Waals surface area contributed by atoms with Gasteiger partial charge in [-0.05, 0) is 25.1 Å². The van der Waals surface area contributed by atoms with Gasteiger partial charge in [0.1, 0.15) is 0 Å². The molecule has 0 atom stereocenters. The Morgan fingerprint density at radius 3 is 2.63 bits per heavy atom. The Bertz CT molecular complexity index is 623. The number of rotatable bonds is 3. The molecule has 2 aromatic rings. The van der Waals surface area contributed by atoms with Crippen LogP contribution in [0.25, 0.3) is 0 Å². The first-order valence-electron chi connectivity index (χ1n) is 5.49. The molecule has 1 amide bonds. The Labute approximate surface area is 109 Å². The number of aryl methyl sites for hydroxylation is 1. The van der Waals surface area contributed by atoms with Crippen molar-refractivity contribution in [2.45, 2.75) is 6.92 Å². The zero-order chi connectivity index (χ0) is 13.8. The maximum Gasteiger partial charge on any atom is 0.337 e. The second-order valence-electron chi connectivity index (χ2n) is 3.87. The minimum absolute atomic E-state index is 0.0107. The van der Waals surface area contributed by atoms with Crippen LogP contribution in [0.15, 0.2) is 36.8 Å². The molecule has 6 nitrogen and oxygen atoms in total. The first kappa shape index (κ1) is 12.7. The molecule has 6 heteroatoms. The van der Waals surface area contributed by atoms with Gasteiger partial charge in [-0.3, -0.25) is 14.8 Å². The lowest BCUT2D eigenvalue weighted by Crippen LogP contribution is -2.15. The van der Waals surface area contributed by atoms with Crippen LogP contribution in [0.4, 0.5) is 5.69 Å².